The van der Waals surface area contributed by atoms with Crippen LogP contribution in [0.2, 0.25) is 0 Å². The van der Waals surface area contributed by atoms with Crippen LogP contribution in [0.5, 0.6) is 11.5 Å². The normalized spacial score (nSPS) is 14.8. The molecule has 0 aliphatic carbocycles. The molecule has 216 valence electrons. The molecule has 0 unspecified atom stereocenters. The average molecular weight is 699 g/mol. The first kappa shape index (κ1) is 29.7. The van der Waals surface area contributed by atoms with Gasteiger partial charge in [0.25, 0.3) is 5.56 Å². The zero-order chi connectivity index (χ0) is 30.0. The Bertz CT molecular complexity index is 1880. The highest BCUT2D eigenvalue weighted by atomic mass is 127. The summed E-state index contributed by atoms with van der Waals surface area (Å²) in [7, 11) is 1.53. The van der Waals surface area contributed by atoms with Crippen LogP contribution in [0.15, 0.2) is 81.7 Å². The van der Waals surface area contributed by atoms with Crippen molar-refractivity contribution in [1.82, 2.24) is 4.57 Å². The van der Waals surface area contributed by atoms with Gasteiger partial charge in [0.1, 0.15) is 12.4 Å². The molecule has 0 N–H and O–H groups in total. The molecule has 4 aromatic rings. The molecule has 10 heteroatoms. The number of thiazole rings is 1. The van der Waals surface area contributed by atoms with Crippen LogP contribution in [0.4, 0.5) is 4.39 Å². The number of allylic oxidation sites excluding steroid dienone is 1. The van der Waals surface area contributed by atoms with Gasteiger partial charge in [-0.3, -0.25) is 9.36 Å². The second kappa shape index (κ2) is 12.6. The van der Waals surface area contributed by atoms with E-state index in [1.54, 1.807) is 42.7 Å². The lowest BCUT2D eigenvalue weighted by Crippen LogP contribution is -2.39. The number of ether oxygens (including phenoxy) is 3. The van der Waals surface area contributed by atoms with Crippen molar-refractivity contribution in [1.29, 1.82) is 0 Å². The zero-order valence-electron chi connectivity index (χ0n) is 23.4. The van der Waals surface area contributed by atoms with Gasteiger partial charge in [-0.15, -0.1) is 0 Å². The number of nitrogens with zero attached hydrogens (tertiary/aromatic N) is 2. The van der Waals surface area contributed by atoms with E-state index in [0.29, 0.717) is 43.2 Å². The van der Waals surface area contributed by atoms with Gasteiger partial charge in [0, 0.05) is 14.7 Å². The Kier molecular flexibility index (Phi) is 8.93. The van der Waals surface area contributed by atoms with E-state index in [2.05, 4.69) is 27.6 Å². The quantitative estimate of drug-likeness (QED) is 0.181. The molecule has 7 nitrogen and oxygen atoms in total. The number of benzene rings is 3. The lowest BCUT2D eigenvalue weighted by atomic mass is 9.95. The molecule has 1 aliphatic heterocycles. The molecule has 42 heavy (non-hydrogen) atoms. The number of fused-ring (bicyclic) bond motifs is 1. The standard InChI is InChI=1S/C32H28FIN2O5S/c1-5-40-31(38)27-19(3)35-32-36(28(27)20-12-10-18(2)11-13-20)30(37)26(42-32)15-22-14-23(34)16-25(39-4)29(22)41-17-21-8-6-7-9-24(21)33/h6-16,28H,5,17H2,1-4H3/b26-15-/t28-/m1/s1. The van der Waals surface area contributed by atoms with Gasteiger partial charge in [0.15, 0.2) is 16.3 Å². The minimum absolute atomic E-state index is 0.0266. The third-order valence-electron chi connectivity index (χ3n) is 6.79. The third-order valence-corrected chi connectivity index (χ3v) is 8.40. The summed E-state index contributed by atoms with van der Waals surface area (Å²) in [5, 5.41) is 0. The van der Waals surface area contributed by atoms with E-state index in [1.807, 2.05) is 43.3 Å². The van der Waals surface area contributed by atoms with E-state index in [9.17, 15) is 14.0 Å². The minimum atomic E-state index is -0.703. The number of methoxy groups -OCH3 is 1. The number of hydrogen-bond donors (Lipinski definition) is 0. The van der Waals surface area contributed by atoms with Gasteiger partial charge in [-0.25, -0.2) is 14.2 Å². The summed E-state index contributed by atoms with van der Waals surface area (Å²) >= 11 is 3.38. The molecule has 5 rings (SSSR count). The Morgan fingerprint density at radius 3 is 2.57 bits per heavy atom. The van der Waals surface area contributed by atoms with E-state index in [1.165, 1.54) is 24.5 Å². The number of carbonyl (C=O) groups excluding carboxylic acids is 1. The highest BCUT2D eigenvalue weighted by Gasteiger charge is 2.33. The Morgan fingerprint density at radius 1 is 1.14 bits per heavy atom. The number of rotatable bonds is 8. The fraction of sp³-hybridized carbons (Fsp3) is 0.219. The third kappa shape index (κ3) is 5.91. The maximum atomic E-state index is 14.3. The highest BCUT2D eigenvalue weighted by molar-refractivity contribution is 14.1. The summed E-state index contributed by atoms with van der Waals surface area (Å²) in [6.07, 6.45) is 1.72. The summed E-state index contributed by atoms with van der Waals surface area (Å²) in [6, 6.07) is 17.1. The molecule has 1 aliphatic rings. The first-order chi connectivity index (χ1) is 20.2. The summed E-state index contributed by atoms with van der Waals surface area (Å²) < 4.78 is 34.2. The lowest BCUT2D eigenvalue weighted by Gasteiger charge is -2.24. The van der Waals surface area contributed by atoms with Crippen molar-refractivity contribution in [2.75, 3.05) is 13.7 Å². The molecule has 0 amide bonds. The SMILES string of the molecule is CCOC(=O)C1=C(C)N=c2s/c(=C\c3cc(I)cc(OC)c3OCc3ccccc3F)c(=O)n2[C@@H]1c1ccc(C)cc1. The van der Waals surface area contributed by atoms with Crippen LogP contribution in [0, 0.1) is 16.3 Å². The van der Waals surface area contributed by atoms with Crippen LogP contribution in [0.3, 0.4) is 0 Å². The Balaban J connectivity index is 1.67. The maximum absolute atomic E-state index is 14.3. The van der Waals surface area contributed by atoms with Crippen LogP contribution >= 0.6 is 33.9 Å². The monoisotopic (exact) mass is 698 g/mol. The van der Waals surface area contributed by atoms with Crippen molar-refractivity contribution in [3.05, 3.63) is 123 Å². The molecular weight excluding hydrogens is 670 g/mol. The summed E-state index contributed by atoms with van der Waals surface area (Å²) in [5.74, 6) is -0.0498. The van der Waals surface area contributed by atoms with Crippen molar-refractivity contribution in [3.8, 4) is 11.5 Å². The van der Waals surface area contributed by atoms with E-state index in [0.717, 1.165) is 14.7 Å². The van der Waals surface area contributed by atoms with Crippen LogP contribution in [-0.4, -0.2) is 24.3 Å². The van der Waals surface area contributed by atoms with Gasteiger partial charge < -0.3 is 14.2 Å². The van der Waals surface area contributed by atoms with Gasteiger partial charge in [-0.05, 0) is 73.2 Å². The molecule has 0 radical (unpaired) electrons. The Morgan fingerprint density at radius 2 is 1.88 bits per heavy atom. The fourth-order valence-corrected chi connectivity index (χ4v) is 6.42. The van der Waals surface area contributed by atoms with Crippen molar-refractivity contribution < 1.29 is 23.4 Å². The number of esters is 1. The number of halogens is 2. The van der Waals surface area contributed by atoms with Gasteiger partial charge in [-0.1, -0.05) is 59.4 Å². The summed E-state index contributed by atoms with van der Waals surface area (Å²) in [4.78, 5) is 32.3. The number of aryl methyl sites for hydroxylation is 1. The average Bonchev–Trinajstić information content (AvgIpc) is 3.26. The lowest BCUT2D eigenvalue weighted by molar-refractivity contribution is -0.139. The number of aromatic nitrogens is 1. The highest BCUT2D eigenvalue weighted by Crippen LogP contribution is 2.35. The van der Waals surface area contributed by atoms with Crippen LogP contribution in [-0.2, 0) is 16.1 Å². The molecular formula is C32H28FIN2O5S. The van der Waals surface area contributed by atoms with Gasteiger partial charge >= 0.3 is 5.97 Å². The molecule has 0 spiro atoms. The molecule has 0 saturated heterocycles. The van der Waals surface area contributed by atoms with Crippen LogP contribution < -0.4 is 24.4 Å². The van der Waals surface area contributed by atoms with E-state index in [4.69, 9.17) is 14.2 Å². The van der Waals surface area contributed by atoms with Crippen molar-refractivity contribution >= 4 is 46.0 Å². The predicted octanol–water partition coefficient (Wildman–Crippen LogP) is 5.44. The van der Waals surface area contributed by atoms with Crippen molar-refractivity contribution in [2.45, 2.75) is 33.4 Å². The van der Waals surface area contributed by atoms with Crippen LogP contribution in [0.25, 0.3) is 6.08 Å². The molecule has 2 heterocycles. The number of carbonyl (C=O) groups is 1. The van der Waals surface area contributed by atoms with E-state index < -0.39 is 12.0 Å². The van der Waals surface area contributed by atoms with Crippen molar-refractivity contribution in [3.63, 3.8) is 0 Å². The molecule has 0 fully saturated rings. The molecule has 1 aromatic heterocycles. The summed E-state index contributed by atoms with van der Waals surface area (Å²) in [6.45, 7) is 5.64. The topological polar surface area (TPSA) is 79.1 Å². The van der Waals surface area contributed by atoms with Crippen LogP contribution in [0.1, 0.15) is 42.1 Å². The number of hydrogen-bond acceptors (Lipinski definition) is 7. The second-order valence-electron chi connectivity index (χ2n) is 9.62. The second-order valence-corrected chi connectivity index (χ2v) is 11.9. The first-order valence-electron chi connectivity index (χ1n) is 13.2. The van der Waals surface area contributed by atoms with Gasteiger partial charge in [0.05, 0.1) is 35.6 Å². The van der Waals surface area contributed by atoms with Crippen molar-refractivity contribution in [2.24, 2.45) is 4.99 Å². The first-order valence-corrected chi connectivity index (χ1v) is 15.1. The molecule has 0 bridgehead atoms. The van der Waals surface area contributed by atoms with E-state index >= 15 is 0 Å². The molecule has 0 saturated carbocycles. The van der Waals surface area contributed by atoms with Gasteiger partial charge in [0.2, 0.25) is 0 Å². The molecule has 3 aromatic carbocycles. The summed E-state index contributed by atoms with van der Waals surface area (Å²) in [5.41, 5.74) is 3.32. The maximum Gasteiger partial charge on any atom is 0.338 e. The van der Waals surface area contributed by atoms with Gasteiger partial charge in [-0.2, -0.15) is 0 Å². The predicted molar refractivity (Wildman–Crippen MR) is 168 cm³/mol. The Labute approximate surface area is 259 Å². The van der Waals surface area contributed by atoms with E-state index in [-0.39, 0.29) is 24.6 Å². The Hall–Kier alpha value is -3.77. The largest absolute Gasteiger partial charge is 0.493 e. The zero-order valence-corrected chi connectivity index (χ0v) is 26.4. The smallest absolute Gasteiger partial charge is 0.338 e. The molecule has 1 atom stereocenters. The fourth-order valence-electron chi connectivity index (χ4n) is 4.76. The minimum Gasteiger partial charge on any atom is -0.493 e.